The van der Waals surface area contributed by atoms with E-state index in [4.69, 9.17) is 0 Å². The van der Waals surface area contributed by atoms with Crippen molar-refractivity contribution in [3.63, 3.8) is 0 Å². The summed E-state index contributed by atoms with van der Waals surface area (Å²) < 4.78 is 0. The molecule has 0 aromatic carbocycles. The zero-order valence-electron chi connectivity index (χ0n) is 11.2. The fourth-order valence-corrected chi connectivity index (χ4v) is 3.35. The Kier molecular flexibility index (Phi) is 4.97. The van der Waals surface area contributed by atoms with Crippen molar-refractivity contribution in [1.82, 2.24) is 9.88 Å². The van der Waals surface area contributed by atoms with Gasteiger partial charge in [0.1, 0.15) is 0 Å². The van der Waals surface area contributed by atoms with E-state index < -0.39 is 0 Å². The molecule has 0 amide bonds. The smallest absolute Gasteiger partial charge is 0.182 e. The van der Waals surface area contributed by atoms with E-state index in [1.807, 2.05) is 13.1 Å². The minimum atomic E-state index is -0.157. The predicted molar refractivity (Wildman–Crippen MR) is 76.0 cm³/mol. The van der Waals surface area contributed by atoms with Crippen molar-refractivity contribution in [2.45, 2.75) is 39.3 Å². The average Bonchev–Trinajstić information content (AvgIpc) is 2.78. The molecule has 0 spiro atoms. The summed E-state index contributed by atoms with van der Waals surface area (Å²) in [6.07, 6.45) is 4.03. The van der Waals surface area contributed by atoms with Crippen LogP contribution >= 0.6 is 11.3 Å². The van der Waals surface area contributed by atoms with Crippen LogP contribution in [0.3, 0.4) is 0 Å². The Balaban J connectivity index is 1.80. The lowest BCUT2D eigenvalue weighted by Gasteiger charge is -2.32. The molecule has 0 saturated carbocycles. The third kappa shape index (κ3) is 3.67. The fourth-order valence-electron chi connectivity index (χ4n) is 2.43. The summed E-state index contributed by atoms with van der Waals surface area (Å²) in [5.41, 5.74) is 0. The second kappa shape index (κ2) is 6.50. The number of nitrogens with zero attached hydrogens (tertiary/aromatic N) is 2. The Hall–Kier alpha value is -0.650. The Bertz CT molecular complexity index is 359. The number of aliphatic hydroxyl groups is 1. The SMILES string of the molecule is CCNc1ncc(CN2CCC(C(C)O)CC2)s1. The molecule has 0 bridgehead atoms. The molecular weight excluding hydrogens is 246 g/mol. The number of aromatic nitrogens is 1. The van der Waals surface area contributed by atoms with Gasteiger partial charge >= 0.3 is 0 Å². The third-order valence-corrected chi connectivity index (χ3v) is 4.52. The number of rotatable bonds is 5. The summed E-state index contributed by atoms with van der Waals surface area (Å²) in [7, 11) is 0. The van der Waals surface area contributed by atoms with Crippen LogP contribution in [0.5, 0.6) is 0 Å². The van der Waals surface area contributed by atoms with Gasteiger partial charge in [-0.3, -0.25) is 4.90 Å². The molecule has 1 saturated heterocycles. The van der Waals surface area contributed by atoms with Gasteiger partial charge in [-0.1, -0.05) is 0 Å². The summed E-state index contributed by atoms with van der Waals surface area (Å²) in [6, 6.07) is 0. The topological polar surface area (TPSA) is 48.4 Å². The van der Waals surface area contributed by atoms with E-state index >= 15 is 0 Å². The normalized spacial score (nSPS) is 19.9. The first-order valence-corrected chi connectivity index (χ1v) is 7.59. The van der Waals surface area contributed by atoms with Gasteiger partial charge in [0, 0.05) is 24.2 Å². The second-order valence-corrected chi connectivity index (χ2v) is 6.13. The lowest BCUT2D eigenvalue weighted by molar-refractivity contribution is 0.0698. The van der Waals surface area contributed by atoms with Crippen LogP contribution in [-0.2, 0) is 6.54 Å². The quantitative estimate of drug-likeness (QED) is 0.860. The summed E-state index contributed by atoms with van der Waals surface area (Å²) >= 11 is 1.74. The van der Waals surface area contributed by atoms with Crippen LogP contribution in [0.2, 0.25) is 0 Å². The lowest BCUT2D eigenvalue weighted by atomic mass is 9.92. The monoisotopic (exact) mass is 269 g/mol. The molecule has 1 aromatic rings. The number of anilines is 1. The largest absolute Gasteiger partial charge is 0.393 e. The lowest BCUT2D eigenvalue weighted by Crippen LogP contribution is -2.36. The van der Waals surface area contributed by atoms with Crippen LogP contribution in [-0.4, -0.2) is 40.7 Å². The Morgan fingerprint density at radius 3 is 2.89 bits per heavy atom. The van der Waals surface area contributed by atoms with Gasteiger partial charge in [-0.2, -0.15) is 0 Å². The molecule has 1 aliphatic heterocycles. The molecule has 1 unspecified atom stereocenters. The van der Waals surface area contributed by atoms with Gasteiger partial charge in [0.25, 0.3) is 0 Å². The van der Waals surface area contributed by atoms with Gasteiger partial charge in [-0.15, -0.1) is 11.3 Å². The van der Waals surface area contributed by atoms with E-state index in [-0.39, 0.29) is 6.10 Å². The summed E-state index contributed by atoms with van der Waals surface area (Å²) in [5, 5.41) is 13.8. The highest BCUT2D eigenvalue weighted by Gasteiger charge is 2.22. The second-order valence-electron chi connectivity index (χ2n) is 5.02. The molecule has 102 valence electrons. The molecule has 1 aromatic heterocycles. The minimum Gasteiger partial charge on any atom is -0.393 e. The van der Waals surface area contributed by atoms with E-state index in [9.17, 15) is 5.11 Å². The third-order valence-electron chi connectivity index (χ3n) is 3.58. The van der Waals surface area contributed by atoms with Crippen LogP contribution in [0.1, 0.15) is 31.6 Å². The number of hydrogen-bond donors (Lipinski definition) is 2. The van der Waals surface area contributed by atoms with Crippen LogP contribution in [0, 0.1) is 5.92 Å². The van der Waals surface area contributed by atoms with Gasteiger partial charge in [0.15, 0.2) is 5.13 Å². The molecule has 4 nitrogen and oxygen atoms in total. The highest BCUT2D eigenvalue weighted by atomic mass is 32.1. The van der Waals surface area contributed by atoms with Crippen molar-refractivity contribution < 1.29 is 5.11 Å². The average molecular weight is 269 g/mol. The van der Waals surface area contributed by atoms with Crippen molar-refractivity contribution >= 4 is 16.5 Å². The molecule has 0 radical (unpaired) electrons. The van der Waals surface area contributed by atoms with E-state index in [1.165, 1.54) is 4.88 Å². The molecule has 1 fully saturated rings. The van der Waals surface area contributed by atoms with Gasteiger partial charge < -0.3 is 10.4 Å². The first-order valence-electron chi connectivity index (χ1n) is 6.78. The maximum atomic E-state index is 9.58. The molecule has 2 rings (SSSR count). The fraction of sp³-hybridized carbons (Fsp3) is 0.769. The Morgan fingerprint density at radius 2 is 2.28 bits per heavy atom. The minimum absolute atomic E-state index is 0.157. The van der Waals surface area contributed by atoms with Gasteiger partial charge in [-0.25, -0.2) is 4.98 Å². The number of thiazole rings is 1. The Labute approximate surface area is 113 Å². The maximum absolute atomic E-state index is 9.58. The summed E-state index contributed by atoms with van der Waals surface area (Å²) in [6.45, 7) is 8.09. The standard InChI is InChI=1S/C13H23N3OS/c1-3-14-13-15-8-12(18-13)9-16-6-4-11(5-7-16)10(2)17/h8,10-11,17H,3-7,9H2,1-2H3,(H,14,15). The number of hydrogen-bond acceptors (Lipinski definition) is 5. The highest BCUT2D eigenvalue weighted by Crippen LogP contribution is 2.24. The summed E-state index contributed by atoms with van der Waals surface area (Å²) in [4.78, 5) is 8.14. The number of piperidine rings is 1. The van der Waals surface area contributed by atoms with Crippen LogP contribution < -0.4 is 5.32 Å². The van der Waals surface area contributed by atoms with Gasteiger partial charge in [0.2, 0.25) is 0 Å². The van der Waals surface area contributed by atoms with E-state index in [0.29, 0.717) is 5.92 Å². The van der Waals surface area contributed by atoms with Gasteiger partial charge in [-0.05, 0) is 45.7 Å². The van der Waals surface area contributed by atoms with Crippen LogP contribution in [0.15, 0.2) is 6.20 Å². The molecular formula is C13H23N3OS. The summed E-state index contributed by atoms with van der Waals surface area (Å²) in [5.74, 6) is 0.486. The maximum Gasteiger partial charge on any atom is 0.182 e. The zero-order chi connectivity index (χ0) is 13.0. The van der Waals surface area contributed by atoms with Crippen molar-refractivity contribution in [1.29, 1.82) is 0 Å². The van der Waals surface area contributed by atoms with E-state index in [2.05, 4.69) is 22.1 Å². The molecule has 18 heavy (non-hydrogen) atoms. The highest BCUT2D eigenvalue weighted by molar-refractivity contribution is 7.15. The first kappa shape index (κ1) is 13.8. The number of likely N-dealkylation sites (tertiary alicyclic amines) is 1. The van der Waals surface area contributed by atoms with E-state index in [1.54, 1.807) is 11.3 Å². The molecule has 0 aliphatic carbocycles. The van der Waals surface area contributed by atoms with Crippen molar-refractivity contribution in [3.8, 4) is 0 Å². The van der Waals surface area contributed by atoms with Crippen molar-refractivity contribution in [2.24, 2.45) is 5.92 Å². The number of nitrogens with one attached hydrogen (secondary N) is 1. The number of aliphatic hydroxyl groups excluding tert-OH is 1. The van der Waals surface area contributed by atoms with Crippen LogP contribution in [0.25, 0.3) is 0 Å². The molecule has 5 heteroatoms. The molecule has 2 heterocycles. The molecule has 1 atom stereocenters. The first-order chi connectivity index (χ1) is 8.69. The van der Waals surface area contributed by atoms with Crippen molar-refractivity contribution in [3.05, 3.63) is 11.1 Å². The van der Waals surface area contributed by atoms with Crippen molar-refractivity contribution in [2.75, 3.05) is 25.0 Å². The molecule has 2 N–H and O–H groups in total. The molecule has 1 aliphatic rings. The van der Waals surface area contributed by atoms with Crippen LogP contribution in [0.4, 0.5) is 5.13 Å². The Morgan fingerprint density at radius 1 is 1.56 bits per heavy atom. The zero-order valence-corrected chi connectivity index (χ0v) is 12.0. The van der Waals surface area contributed by atoms with Gasteiger partial charge in [0.05, 0.1) is 6.10 Å². The predicted octanol–water partition coefficient (Wildman–Crippen LogP) is 2.17. The van der Waals surface area contributed by atoms with E-state index in [0.717, 1.165) is 44.2 Å².